The van der Waals surface area contributed by atoms with E-state index in [0.717, 1.165) is 54.6 Å². The van der Waals surface area contributed by atoms with Crippen molar-refractivity contribution in [3.8, 4) is 66.1 Å². The second kappa shape index (κ2) is 27.9. The third-order valence-corrected chi connectivity index (χ3v) is 14.2. The summed E-state index contributed by atoms with van der Waals surface area (Å²) in [6, 6.07) is 52.9. The summed E-state index contributed by atoms with van der Waals surface area (Å²) in [5.41, 5.74) is 13.8. The molecule has 0 aliphatic heterocycles. The van der Waals surface area contributed by atoms with E-state index in [9.17, 15) is 0 Å². The molecule has 12 heteroatoms. The molecule has 384 valence electrons. The Morgan fingerprint density at radius 2 is 0.763 bits per heavy atom. The molecule has 12 rings (SSSR count). The van der Waals surface area contributed by atoms with Crippen molar-refractivity contribution in [2.24, 2.45) is 0 Å². The molecule has 6 aromatic carbocycles. The summed E-state index contributed by atoms with van der Waals surface area (Å²) < 4.78 is 16.1. The second-order valence-corrected chi connectivity index (χ2v) is 21.0. The zero-order chi connectivity index (χ0) is 53.8. The van der Waals surface area contributed by atoms with Crippen molar-refractivity contribution in [1.82, 2.24) is 29.9 Å². The van der Waals surface area contributed by atoms with Gasteiger partial charge in [0, 0.05) is 66.6 Å². The van der Waals surface area contributed by atoms with Crippen LogP contribution in [0, 0.1) is 69.2 Å². The monoisotopic (exact) mass is 1060 g/mol. The van der Waals surface area contributed by atoms with Crippen LogP contribution in [-0.2, 0) is 0 Å². The van der Waals surface area contributed by atoms with Gasteiger partial charge in [0.2, 0.25) is 17.7 Å². The van der Waals surface area contributed by atoms with Gasteiger partial charge in [0.05, 0.1) is 18.1 Å². The smallest absolute Gasteiger partial charge is 0.226 e. The Kier molecular flexibility index (Phi) is 20.4. The van der Waals surface area contributed by atoms with E-state index in [1.54, 1.807) is 52.7 Å². The van der Waals surface area contributed by atoms with Crippen LogP contribution >= 0.6 is 34.0 Å². The van der Waals surface area contributed by atoms with E-state index in [0.29, 0.717) is 17.7 Å². The number of hydrogen-bond acceptors (Lipinski definition) is 12. The van der Waals surface area contributed by atoms with Crippen LogP contribution in [0.4, 0.5) is 0 Å². The van der Waals surface area contributed by atoms with Gasteiger partial charge in [-0.1, -0.05) is 133 Å². The summed E-state index contributed by atoms with van der Waals surface area (Å²) in [5.74, 6) is 3.78. The third-order valence-electron chi connectivity index (χ3n) is 11.3. The van der Waals surface area contributed by atoms with E-state index in [1.165, 1.54) is 48.7 Å². The van der Waals surface area contributed by atoms with E-state index in [4.69, 9.17) is 13.3 Å². The van der Waals surface area contributed by atoms with Gasteiger partial charge in [-0.2, -0.15) is 0 Å². The average molecular weight is 1060 g/mol. The minimum Gasteiger partial charge on any atom is -0.444 e. The minimum absolute atomic E-state index is 0.688. The lowest BCUT2D eigenvalue weighted by atomic mass is 10.1. The van der Waals surface area contributed by atoms with Crippen LogP contribution in [0.2, 0.25) is 0 Å². The molecule has 9 nitrogen and oxygen atoms in total. The number of benzene rings is 6. The van der Waals surface area contributed by atoms with Gasteiger partial charge in [-0.25, -0.2) is 29.9 Å². The van der Waals surface area contributed by atoms with Gasteiger partial charge >= 0.3 is 0 Å². The van der Waals surface area contributed by atoms with Crippen molar-refractivity contribution in [2.45, 2.75) is 69.2 Å². The SMILES string of the molecule is Cc1cnc(-c2ccccc2)o1.Cc1cnc(-c2ccccc2)s1.Cc1cnc(-c2ccccc2C)o1.Cc1cnc(-c2ccccc2C)s1.Cc1coc(-c2ccccc2C)n1.Cc1csc(-c2ccccc2C)n1. The molecule has 0 atom stereocenters. The van der Waals surface area contributed by atoms with E-state index in [-0.39, 0.29) is 0 Å². The van der Waals surface area contributed by atoms with Crippen molar-refractivity contribution in [2.75, 3.05) is 0 Å². The molecule has 6 heterocycles. The molecule has 0 aliphatic rings. The molecule has 0 spiro atoms. The second-order valence-electron chi connectivity index (χ2n) is 17.7. The van der Waals surface area contributed by atoms with Crippen LogP contribution in [0.25, 0.3) is 66.1 Å². The van der Waals surface area contributed by atoms with Crippen molar-refractivity contribution >= 4 is 34.0 Å². The molecule has 6 aromatic heterocycles. The average Bonchev–Trinajstić information content (AvgIpc) is 4.33. The van der Waals surface area contributed by atoms with Crippen molar-refractivity contribution in [1.29, 1.82) is 0 Å². The molecule has 0 radical (unpaired) electrons. The molecule has 0 aliphatic carbocycles. The Morgan fingerprint density at radius 1 is 0.342 bits per heavy atom. The minimum atomic E-state index is 0.688. The molecule has 0 saturated heterocycles. The largest absolute Gasteiger partial charge is 0.444 e. The number of aryl methyl sites for hydroxylation is 10. The van der Waals surface area contributed by atoms with Crippen molar-refractivity contribution in [3.05, 3.63) is 249 Å². The standard InChI is InChI=1S/2C11H11NO.2C11H11NS.C10H9NO.C10H9NS/c1-8-5-3-4-6-10(8)11-12-9(2)7-13-11;1-8-5-3-4-6-10(8)11-12-7-9(2)13-11;1-8-5-3-4-6-10(8)11-12-9(2)7-13-11;1-8-5-3-4-6-10(8)11-12-7-9(2)13-11;2*1-8-7-11-10(12-8)9-5-3-2-4-6-9/h4*3-7H,1-2H3;2*2-7H,1H3. The van der Waals surface area contributed by atoms with Crippen molar-refractivity contribution < 1.29 is 13.3 Å². The third kappa shape index (κ3) is 16.4. The quantitative estimate of drug-likeness (QED) is 0.160. The van der Waals surface area contributed by atoms with Gasteiger partial charge in [-0.05, 0) is 116 Å². The highest BCUT2D eigenvalue weighted by atomic mass is 32.1. The summed E-state index contributed by atoms with van der Waals surface area (Å²) in [5, 5.41) is 5.43. The van der Waals surface area contributed by atoms with E-state index in [1.807, 2.05) is 125 Å². The van der Waals surface area contributed by atoms with E-state index < -0.39 is 0 Å². The Balaban J connectivity index is 0.000000133. The first-order valence-corrected chi connectivity index (χ1v) is 27.2. The molecule has 0 saturated carbocycles. The van der Waals surface area contributed by atoms with Gasteiger partial charge in [0.25, 0.3) is 0 Å². The van der Waals surface area contributed by atoms with Crippen LogP contribution in [0.1, 0.15) is 54.9 Å². The summed E-state index contributed by atoms with van der Waals surface area (Å²) >= 11 is 5.18. The van der Waals surface area contributed by atoms with Gasteiger partial charge < -0.3 is 13.3 Å². The fourth-order valence-corrected chi connectivity index (χ4v) is 9.82. The zero-order valence-electron chi connectivity index (χ0n) is 44.6. The van der Waals surface area contributed by atoms with Crippen LogP contribution < -0.4 is 0 Å². The Morgan fingerprint density at radius 3 is 1.17 bits per heavy atom. The lowest BCUT2D eigenvalue weighted by Gasteiger charge is -1.99. The summed E-state index contributed by atoms with van der Waals surface area (Å²) in [6.07, 6.45) is 8.96. The molecule has 0 fully saturated rings. The van der Waals surface area contributed by atoms with Crippen LogP contribution in [0.3, 0.4) is 0 Å². The Hall–Kier alpha value is -8.16. The molecule has 0 N–H and O–H groups in total. The topological polar surface area (TPSA) is 117 Å². The highest BCUT2D eigenvalue weighted by Crippen LogP contribution is 2.29. The van der Waals surface area contributed by atoms with E-state index >= 15 is 0 Å². The van der Waals surface area contributed by atoms with Crippen LogP contribution in [-0.4, -0.2) is 29.9 Å². The number of thiazole rings is 3. The maximum absolute atomic E-state index is 5.44. The first kappa shape index (κ1) is 55.6. The fourth-order valence-electron chi connectivity index (χ4n) is 7.30. The number of hydrogen-bond donors (Lipinski definition) is 0. The van der Waals surface area contributed by atoms with Gasteiger partial charge in [-0.15, -0.1) is 34.0 Å². The predicted octanol–water partition coefficient (Wildman–Crippen LogP) is 18.5. The summed E-state index contributed by atoms with van der Waals surface area (Å²) in [4.78, 5) is 28.2. The molecule has 12 aromatic rings. The van der Waals surface area contributed by atoms with E-state index in [2.05, 4.69) is 150 Å². The van der Waals surface area contributed by atoms with Crippen molar-refractivity contribution in [3.63, 3.8) is 0 Å². The normalized spacial score (nSPS) is 10.2. The summed E-state index contributed by atoms with van der Waals surface area (Å²) in [7, 11) is 0. The van der Waals surface area contributed by atoms with Gasteiger partial charge in [0.1, 0.15) is 32.8 Å². The predicted molar refractivity (Wildman–Crippen MR) is 316 cm³/mol. The molecule has 0 bridgehead atoms. The highest BCUT2D eigenvalue weighted by Gasteiger charge is 2.09. The van der Waals surface area contributed by atoms with Gasteiger partial charge in [0.15, 0.2) is 0 Å². The number of aromatic nitrogens is 6. The fraction of sp³-hybridized carbons (Fsp3) is 0.156. The number of rotatable bonds is 6. The Bertz CT molecular complexity index is 3240. The van der Waals surface area contributed by atoms with Crippen LogP contribution in [0.5, 0.6) is 0 Å². The lowest BCUT2D eigenvalue weighted by Crippen LogP contribution is -1.82. The number of nitrogens with zero attached hydrogens (tertiary/aromatic N) is 6. The molecule has 0 unspecified atom stereocenters. The van der Waals surface area contributed by atoms with Crippen LogP contribution in [0.15, 0.2) is 207 Å². The maximum atomic E-state index is 5.44. The summed E-state index contributed by atoms with van der Waals surface area (Å²) in [6.45, 7) is 20.2. The maximum Gasteiger partial charge on any atom is 0.226 e. The lowest BCUT2D eigenvalue weighted by molar-refractivity contribution is 0.542. The first-order chi connectivity index (χ1) is 36.8. The Labute approximate surface area is 458 Å². The number of oxazole rings is 3. The zero-order valence-corrected chi connectivity index (χ0v) is 47.1. The van der Waals surface area contributed by atoms with Gasteiger partial charge in [-0.3, -0.25) is 0 Å². The molecular weight excluding hydrogens is 997 g/mol. The molecule has 76 heavy (non-hydrogen) atoms. The highest BCUT2D eigenvalue weighted by molar-refractivity contribution is 7.15. The first-order valence-electron chi connectivity index (χ1n) is 24.7. The molecular formula is C64H62N6O3S3. The molecule has 0 amide bonds.